The van der Waals surface area contributed by atoms with Crippen molar-refractivity contribution in [2.24, 2.45) is 13.0 Å². The molecule has 2 atom stereocenters. The van der Waals surface area contributed by atoms with E-state index in [0.29, 0.717) is 6.54 Å². The number of aromatic nitrogens is 2. The van der Waals surface area contributed by atoms with Crippen molar-refractivity contribution >= 4 is 5.91 Å². The lowest BCUT2D eigenvalue weighted by atomic mass is 9.91. The van der Waals surface area contributed by atoms with Crippen LogP contribution in [0, 0.1) is 19.8 Å². The van der Waals surface area contributed by atoms with Crippen molar-refractivity contribution in [1.29, 1.82) is 0 Å². The second kappa shape index (κ2) is 8.21. The van der Waals surface area contributed by atoms with E-state index in [0.717, 1.165) is 42.5 Å². The molecule has 0 radical (unpaired) electrons. The largest absolute Gasteiger partial charge is 0.396 e. The number of fused-ring (bicyclic) bond motifs is 1. The highest BCUT2D eigenvalue weighted by molar-refractivity contribution is 5.99. The molecule has 2 heterocycles. The molecule has 0 spiro atoms. The number of hydrogen-bond acceptors (Lipinski definition) is 3. The van der Waals surface area contributed by atoms with Gasteiger partial charge in [-0.3, -0.25) is 9.48 Å². The van der Waals surface area contributed by atoms with E-state index in [1.807, 2.05) is 28.9 Å². The molecule has 1 aromatic heterocycles. The average Bonchev–Trinajstić information content (AvgIpc) is 3.51. The Balaban J connectivity index is 1.40. The number of carbonyl (C=O) groups is 1. The molecule has 1 N–H and O–H groups in total. The van der Waals surface area contributed by atoms with Gasteiger partial charge in [0, 0.05) is 49.5 Å². The van der Waals surface area contributed by atoms with Gasteiger partial charge in [-0.05, 0) is 73.1 Å². The van der Waals surface area contributed by atoms with Gasteiger partial charge in [-0.1, -0.05) is 30.7 Å². The fourth-order valence-corrected chi connectivity index (χ4v) is 5.50. The fourth-order valence-electron chi connectivity index (χ4n) is 5.50. The van der Waals surface area contributed by atoms with Gasteiger partial charge >= 0.3 is 0 Å². The van der Waals surface area contributed by atoms with Crippen LogP contribution in [0.2, 0.25) is 0 Å². The maximum Gasteiger partial charge on any atom is 0.254 e. The van der Waals surface area contributed by atoms with Crippen LogP contribution in [-0.4, -0.2) is 38.3 Å². The molecule has 0 saturated heterocycles. The minimum atomic E-state index is 0.139. The van der Waals surface area contributed by atoms with E-state index in [1.165, 1.54) is 27.8 Å². The van der Waals surface area contributed by atoms with Crippen LogP contribution in [0.25, 0.3) is 11.3 Å². The summed E-state index contributed by atoms with van der Waals surface area (Å²) in [6.07, 6.45) is 5.86. The summed E-state index contributed by atoms with van der Waals surface area (Å²) in [5, 5.41) is 14.2. The summed E-state index contributed by atoms with van der Waals surface area (Å²) in [5.41, 5.74) is 9.06. The number of amides is 1. The molecule has 0 bridgehead atoms. The maximum atomic E-state index is 13.4. The van der Waals surface area contributed by atoms with Crippen molar-refractivity contribution in [3.8, 4) is 11.3 Å². The number of hydrogen-bond donors (Lipinski definition) is 1. The van der Waals surface area contributed by atoms with E-state index >= 15 is 0 Å². The number of carbonyl (C=O) groups excluding carboxylic acids is 1. The molecule has 1 aliphatic carbocycles. The van der Waals surface area contributed by atoms with Gasteiger partial charge in [-0.25, -0.2) is 0 Å². The van der Waals surface area contributed by atoms with Crippen molar-refractivity contribution in [3.63, 3.8) is 0 Å². The minimum absolute atomic E-state index is 0.139. The number of rotatable bonds is 5. The molecule has 5 nitrogen and oxygen atoms in total. The van der Waals surface area contributed by atoms with Crippen LogP contribution in [0.4, 0.5) is 0 Å². The van der Waals surface area contributed by atoms with Gasteiger partial charge < -0.3 is 10.0 Å². The Bertz CT molecular complexity index is 1160. The van der Waals surface area contributed by atoms with Crippen molar-refractivity contribution in [1.82, 2.24) is 14.7 Å². The van der Waals surface area contributed by atoms with Gasteiger partial charge in [-0.15, -0.1) is 0 Å². The van der Waals surface area contributed by atoms with E-state index in [9.17, 15) is 9.90 Å². The van der Waals surface area contributed by atoms with Gasteiger partial charge in [0.05, 0.1) is 5.69 Å². The van der Waals surface area contributed by atoms with Gasteiger partial charge in [0.1, 0.15) is 0 Å². The zero-order chi connectivity index (χ0) is 22.4. The summed E-state index contributed by atoms with van der Waals surface area (Å²) in [5.74, 6) is 0.354. The molecule has 1 fully saturated rings. The Kier molecular flexibility index (Phi) is 5.38. The SMILES string of the molecule is Cc1c(Cc2ccc(-c3ccn(C)n3)cc2)cc2c(c1C)CN([C@H]1CCC[C@@H]1CO)C2=O. The Labute approximate surface area is 189 Å². The highest BCUT2D eigenvalue weighted by atomic mass is 16.3. The van der Waals surface area contributed by atoms with Crippen molar-refractivity contribution in [2.45, 2.75) is 52.1 Å². The van der Waals surface area contributed by atoms with Gasteiger partial charge in [0.15, 0.2) is 0 Å². The van der Waals surface area contributed by atoms with E-state index in [1.54, 1.807) is 0 Å². The van der Waals surface area contributed by atoms with Crippen LogP contribution < -0.4 is 0 Å². The highest BCUT2D eigenvalue weighted by Gasteiger charge is 2.39. The summed E-state index contributed by atoms with van der Waals surface area (Å²) in [4.78, 5) is 15.4. The second-order valence-corrected chi connectivity index (χ2v) is 9.43. The van der Waals surface area contributed by atoms with E-state index < -0.39 is 0 Å². The number of nitrogens with zero attached hydrogens (tertiary/aromatic N) is 3. The lowest BCUT2D eigenvalue weighted by Crippen LogP contribution is -2.39. The van der Waals surface area contributed by atoms with Gasteiger partial charge in [-0.2, -0.15) is 5.10 Å². The molecule has 3 aromatic rings. The van der Waals surface area contributed by atoms with Crippen molar-refractivity contribution in [3.05, 3.63) is 76.0 Å². The third kappa shape index (κ3) is 3.55. The van der Waals surface area contributed by atoms with Crippen LogP contribution in [0.15, 0.2) is 42.6 Å². The summed E-state index contributed by atoms with van der Waals surface area (Å²) in [6.45, 7) is 5.17. The molecule has 5 rings (SSSR count). The minimum Gasteiger partial charge on any atom is -0.396 e. The molecule has 2 aromatic carbocycles. The topological polar surface area (TPSA) is 58.4 Å². The average molecular weight is 430 g/mol. The zero-order valence-corrected chi connectivity index (χ0v) is 19.1. The van der Waals surface area contributed by atoms with E-state index in [-0.39, 0.29) is 24.5 Å². The quantitative estimate of drug-likeness (QED) is 0.654. The summed E-state index contributed by atoms with van der Waals surface area (Å²) in [7, 11) is 1.93. The summed E-state index contributed by atoms with van der Waals surface area (Å²) >= 11 is 0. The van der Waals surface area contributed by atoms with Crippen LogP contribution in [0.3, 0.4) is 0 Å². The first-order valence-corrected chi connectivity index (χ1v) is 11.6. The molecular formula is C27H31N3O2. The predicted octanol–water partition coefficient (Wildman–Crippen LogP) is 4.41. The van der Waals surface area contributed by atoms with Crippen LogP contribution >= 0.6 is 0 Å². The number of aliphatic hydroxyl groups excluding tert-OH is 1. The fraction of sp³-hybridized carbons (Fsp3) is 0.407. The summed E-state index contributed by atoms with van der Waals surface area (Å²) in [6, 6.07) is 12.9. The monoisotopic (exact) mass is 429 g/mol. The predicted molar refractivity (Wildman–Crippen MR) is 125 cm³/mol. The summed E-state index contributed by atoms with van der Waals surface area (Å²) < 4.78 is 1.81. The Morgan fingerprint density at radius 3 is 2.56 bits per heavy atom. The Morgan fingerprint density at radius 1 is 1.09 bits per heavy atom. The molecular weight excluding hydrogens is 398 g/mol. The third-order valence-corrected chi connectivity index (χ3v) is 7.57. The Morgan fingerprint density at radius 2 is 1.88 bits per heavy atom. The first-order valence-electron chi connectivity index (χ1n) is 11.6. The maximum absolute atomic E-state index is 13.4. The molecule has 1 aliphatic heterocycles. The lowest BCUT2D eigenvalue weighted by molar-refractivity contribution is 0.0612. The van der Waals surface area contributed by atoms with E-state index in [2.05, 4.69) is 49.3 Å². The smallest absolute Gasteiger partial charge is 0.254 e. The third-order valence-electron chi connectivity index (χ3n) is 7.57. The first-order chi connectivity index (χ1) is 15.5. The molecule has 1 saturated carbocycles. The molecule has 2 aliphatic rings. The molecule has 0 unspecified atom stereocenters. The number of aliphatic hydroxyl groups is 1. The lowest BCUT2D eigenvalue weighted by Gasteiger charge is -2.28. The van der Waals surface area contributed by atoms with Gasteiger partial charge in [0.25, 0.3) is 5.91 Å². The standard InChI is InChI=1S/C27H31N3O2/c1-17-18(2)24-15-30(26-6-4-5-21(26)16-31)27(32)23(24)14-22(17)13-19-7-9-20(10-8-19)25-11-12-29(3)28-25/h7-12,14,21,26,31H,4-6,13,15-16H2,1-3H3/t21-,26+/m1/s1. The normalized spacial score (nSPS) is 20.2. The molecule has 166 valence electrons. The molecule has 32 heavy (non-hydrogen) atoms. The second-order valence-electron chi connectivity index (χ2n) is 9.43. The van der Waals surface area contributed by atoms with Crippen molar-refractivity contribution in [2.75, 3.05) is 6.61 Å². The van der Waals surface area contributed by atoms with Crippen LogP contribution in [0.5, 0.6) is 0 Å². The van der Waals surface area contributed by atoms with Crippen molar-refractivity contribution < 1.29 is 9.90 Å². The number of aryl methyl sites for hydroxylation is 1. The van der Waals surface area contributed by atoms with E-state index in [4.69, 9.17) is 0 Å². The molecule has 5 heteroatoms. The zero-order valence-electron chi connectivity index (χ0n) is 19.1. The van der Waals surface area contributed by atoms with Crippen LogP contribution in [0.1, 0.15) is 57.4 Å². The molecule has 1 amide bonds. The van der Waals surface area contributed by atoms with Crippen LogP contribution in [-0.2, 0) is 20.0 Å². The van der Waals surface area contributed by atoms with Gasteiger partial charge in [0.2, 0.25) is 0 Å². The Hall–Kier alpha value is -2.92. The number of benzene rings is 2. The first kappa shape index (κ1) is 21.0. The highest BCUT2D eigenvalue weighted by Crippen LogP contribution is 2.38.